The van der Waals surface area contributed by atoms with Crippen LogP contribution in [0, 0.1) is 0 Å². The Labute approximate surface area is 166 Å². The number of imide groups is 1. The Morgan fingerprint density at radius 2 is 1.78 bits per heavy atom. The Kier molecular flexibility index (Phi) is 12.0. The van der Waals surface area contributed by atoms with Crippen molar-refractivity contribution in [1.82, 2.24) is 15.5 Å². The van der Waals surface area contributed by atoms with Crippen molar-refractivity contribution in [1.29, 1.82) is 0 Å². The topological polar surface area (TPSA) is 95.6 Å². The van der Waals surface area contributed by atoms with E-state index in [1.165, 1.54) is 16.7 Å². The average molecular weight is 400 g/mol. The number of nitrogens with zero attached hydrogens (tertiary/aromatic N) is 1. The number of thioether (sulfide) groups is 1. The van der Waals surface area contributed by atoms with Gasteiger partial charge in [0, 0.05) is 25.9 Å². The van der Waals surface area contributed by atoms with Gasteiger partial charge in [0.15, 0.2) is 0 Å². The summed E-state index contributed by atoms with van der Waals surface area (Å²) in [5, 5.41) is 5.50. The van der Waals surface area contributed by atoms with Crippen LogP contribution in [0.2, 0.25) is 0 Å². The predicted molar refractivity (Wildman–Crippen MR) is 108 cm³/mol. The summed E-state index contributed by atoms with van der Waals surface area (Å²) in [7, 11) is 1.92. The van der Waals surface area contributed by atoms with Crippen LogP contribution in [-0.2, 0) is 19.2 Å². The first-order valence-corrected chi connectivity index (χ1v) is 10.9. The summed E-state index contributed by atoms with van der Waals surface area (Å²) in [6.45, 7) is 3.60. The molecule has 1 aliphatic heterocycles. The van der Waals surface area contributed by atoms with E-state index in [1.54, 1.807) is 6.92 Å². The van der Waals surface area contributed by atoms with Crippen LogP contribution in [0.25, 0.3) is 0 Å². The molecule has 0 spiro atoms. The Balaban J connectivity index is 2.18. The molecule has 1 unspecified atom stereocenters. The van der Waals surface area contributed by atoms with Gasteiger partial charge < -0.3 is 15.4 Å². The first kappa shape index (κ1) is 23.6. The average Bonchev–Trinajstić information content (AvgIpc) is 2.89. The zero-order chi connectivity index (χ0) is 20.1. The zero-order valence-corrected chi connectivity index (χ0v) is 17.4. The molecule has 0 saturated carbocycles. The minimum absolute atomic E-state index is 0.0865. The van der Waals surface area contributed by atoms with Crippen molar-refractivity contribution in [3.63, 3.8) is 0 Å². The van der Waals surface area contributed by atoms with Crippen LogP contribution < -0.4 is 10.6 Å². The lowest BCUT2D eigenvalue weighted by Crippen LogP contribution is -2.33. The molecule has 27 heavy (non-hydrogen) atoms. The molecular formula is C19H33N3O4S. The van der Waals surface area contributed by atoms with Gasteiger partial charge in [0.1, 0.15) is 5.78 Å². The van der Waals surface area contributed by atoms with Gasteiger partial charge in [0.25, 0.3) is 0 Å². The SMILES string of the molecule is CNCCCCCNC(=O)CSC1CC(=O)N(CCCCCC(C)=O)C1=O. The summed E-state index contributed by atoms with van der Waals surface area (Å²) in [6.07, 6.45) is 6.14. The van der Waals surface area contributed by atoms with E-state index in [2.05, 4.69) is 10.6 Å². The van der Waals surface area contributed by atoms with Crippen LogP contribution in [0.15, 0.2) is 0 Å². The fourth-order valence-electron chi connectivity index (χ4n) is 2.90. The van der Waals surface area contributed by atoms with Gasteiger partial charge in [-0.1, -0.05) is 12.8 Å². The van der Waals surface area contributed by atoms with Gasteiger partial charge in [0.05, 0.1) is 11.0 Å². The number of carbonyl (C=O) groups is 4. The van der Waals surface area contributed by atoms with Gasteiger partial charge in [-0.05, 0) is 46.2 Å². The second-order valence-electron chi connectivity index (χ2n) is 6.91. The van der Waals surface area contributed by atoms with E-state index in [-0.39, 0.29) is 35.7 Å². The van der Waals surface area contributed by atoms with E-state index in [0.29, 0.717) is 19.5 Å². The number of hydrogen-bond donors (Lipinski definition) is 2. The molecule has 0 aliphatic carbocycles. The standard InChI is InChI=1S/C19H33N3O4S/c1-15(23)9-5-3-8-12-22-18(25)13-16(19(22)26)27-14-17(24)21-11-7-4-6-10-20-2/h16,20H,3-14H2,1-2H3,(H,21,24). The van der Waals surface area contributed by atoms with Crippen molar-refractivity contribution >= 4 is 35.3 Å². The summed E-state index contributed by atoms with van der Waals surface area (Å²) in [4.78, 5) is 48.5. The largest absolute Gasteiger partial charge is 0.355 e. The minimum Gasteiger partial charge on any atom is -0.355 e. The number of rotatable bonds is 15. The summed E-state index contributed by atoms with van der Waals surface area (Å²) >= 11 is 1.25. The van der Waals surface area contributed by atoms with E-state index in [4.69, 9.17) is 0 Å². The molecule has 8 heteroatoms. The molecule has 1 atom stereocenters. The lowest BCUT2D eigenvalue weighted by atomic mass is 10.1. The molecular weight excluding hydrogens is 366 g/mol. The van der Waals surface area contributed by atoms with E-state index < -0.39 is 5.25 Å². The number of nitrogens with one attached hydrogen (secondary N) is 2. The highest BCUT2D eigenvalue weighted by Gasteiger charge is 2.38. The molecule has 0 aromatic heterocycles. The van der Waals surface area contributed by atoms with Gasteiger partial charge in [-0.25, -0.2) is 0 Å². The maximum atomic E-state index is 12.4. The van der Waals surface area contributed by atoms with Gasteiger partial charge in [-0.2, -0.15) is 0 Å². The third-order valence-electron chi connectivity index (χ3n) is 4.45. The number of hydrogen-bond acceptors (Lipinski definition) is 6. The van der Waals surface area contributed by atoms with Crippen LogP contribution in [0.1, 0.15) is 58.3 Å². The Morgan fingerprint density at radius 3 is 2.48 bits per heavy atom. The van der Waals surface area contributed by atoms with Gasteiger partial charge >= 0.3 is 0 Å². The van der Waals surface area contributed by atoms with Crippen LogP contribution in [0.4, 0.5) is 0 Å². The number of Topliss-reactive ketones (excluding diaryl/α,β-unsaturated/α-hetero) is 1. The van der Waals surface area contributed by atoms with Crippen molar-refractivity contribution in [2.45, 2.75) is 63.5 Å². The second-order valence-corrected chi connectivity index (χ2v) is 8.11. The first-order chi connectivity index (χ1) is 13.0. The predicted octanol–water partition coefficient (Wildman–Crippen LogP) is 1.50. The maximum absolute atomic E-state index is 12.4. The third kappa shape index (κ3) is 9.91. The molecule has 1 heterocycles. The molecule has 7 nitrogen and oxygen atoms in total. The quantitative estimate of drug-likeness (QED) is 0.320. The zero-order valence-electron chi connectivity index (χ0n) is 16.6. The highest BCUT2D eigenvalue weighted by Crippen LogP contribution is 2.25. The van der Waals surface area contributed by atoms with E-state index in [1.807, 2.05) is 7.05 Å². The van der Waals surface area contributed by atoms with Gasteiger partial charge in [0.2, 0.25) is 17.7 Å². The van der Waals surface area contributed by atoms with Crippen LogP contribution in [-0.4, -0.2) is 66.1 Å². The molecule has 0 aromatic carbocycles. The molecule has 154 valence electrons. The molecule has 1 rings (SSSR count). The molecule has 1 saturated heterocycles. The van der Waals surface area contributed by atoms with E-state index in [9.17, 15) is 19.2 Å². The van der Waals surface area contributed by atoms with Crippen molar-refractivity contribution in [3.05, 3.63) is 0 Å². The van der Waals surface area contributed by atoms with Gasteiger partial charge in [-0.3, -0.25) is 19.3 Å². The number of amides is 3. The monoisotopic (exact) mass is 399 g/mol. The minimum atomic E-state index is -0.448. The summed E-state index contributed by atoms with van der Waals surface area (Å²) in [5.41, 5.74) is 0. The van der Waals surface area contributed by atoms with Gasteiger partial charge in [-0.15, -0.1) is 11.8 Å². The third-order valence-corrected chi connectivity index (χ3v) is 5.65. The Morgan fingerprint density at radius 1 is 1.07 bits per heavy atom. The lowest BCUT2D eigenvalue weighted by Gasteiger charge is -2.14. The smallest absolute Gasteiger partial charge is 0.242 e. The molecule has 0 aromatic rings. The summed E-state index contributed by atoms with van der Waals surface area (Å²) in [5.74, 6) is -0.0647. The normalized spacial score (nSPS) is 16.8. The maximum Gasteiger partial charge on any atom is 0.242 e. The van der Waals surface area contributed by atoms with Crippen LogP contribution in [0.3, 0.4) is 0 Å². The fraction of sp³-hybridized carbons (Fsp3) is 0.789. The van der Waals surface area contributed by atoms with Crippen molar-refractivity contribution in [2.24, 2.45) is 0 Å². The lowest BCUT2D eigenvalue weighted by molar-refractivity contribution is -0.138. The number of likely N-dealkylation sites (tertiary alicyclic amines) is 1. The fourth-order valence-corrected chi connectivity index (χ4v) is 3.88. The van der Waals surface area contributed by atoms with Crippen LogP contribution in [0.5, 0.6) is 0 Å². The Hall–Kier alpha value is -1.41. The van der Waals surface area contributed by atoms with Crippen molar-refractivity contribution in [2.75, 3.05) is 32.4 Å². The van der Waals surface area contributed by atoms with Crippen molar-refractivity contribution in [3.8, 4) is 0 Å². The van der Waals surface area contributed by atoms with Crippen molar-refractivity contribution < 1.29 is 19.2 Å². The summed E-state index contributed by atoms with van der Waals surface area (Å²) < 4.78 is 0. The first-order valence-electron chi connectivity index (χ1n) is 9.82. The van der Waals surface area contributed by atoms with Crippen LogP contribution >= 0.6 is 11.8 Å². The highest BCUT2D eigenvalue weighted by atomic mass is 32.2. The molecule has 1 fully saturated rings. The number of carbonyl (C=O) groups excluding carboxylic acids is 4. The van der Waals surface area contributed by atoms with E-state index >= 15 is 0 Å². The molecule has 3 amide bonds. The second kappa shape index (κ2) is 13.7. The molecule has 2 N–H and O–H groups in total. The number of unbranched alkanes of at least 4 members (excludes halogenated alkanes) is 4. The molecule has 0 radical (unpaired) electrons. The molecule has 1 aliphatic rings. The number of ketones is 1. The Bertz CT molecular complexity index is 513. The summed E-state index contributed by atoms with van der Waals surface area (Å²) in [6, 6.07) is 0. The van der Waals surface area contributed by atoms with E-state index in [0.717, 1.165) is 45.1 Å². The highest BCUT2D eigenvalue weighted by molar-refractivity contribution is 8.01. The molecule has 0 bridgehead atoms.